The van der Waals surface area contributed by atoms with E-state index < -0.39 is 0 Å². The molecule has 2 aromatic rings. The van der Waals surface area contributed by atoms with Gasteiger partial charge in [0.1, 0.15) is 5.69 Å². The Bertz CT molecular complexity index is 626. The number of nitrogens with one attached hydrogen (secondary N) is 2. The van der Waals surface area contributed by atoms with Gasteiger partial charge in [0.2, 0.25) is 0 Å². The number of anilines is 2. The highest BCUT2D eigenvalue weighted by Gasteiger charge is 2.12. The van der Waals surface area contributed by atoms with Gasteiger partial charge in [0.15, 0.2) is 0 Å². The molecule has 4 nitrogen and oxygen atoms in total. The number of pyridine rings is 1. The minimum Gasteiger partial charge on any atom is -0.385 e. The second-order valence-electron chi connectivity index (χ2n) is 4.41. The lowest BCUT2D eigenvalue weighted by atomic mass is 10.2. The Labute approximate surface area is 140 Å². The molecule has 0 unspecified atom stereocenters. The molecule has 0 fully saturated rings. The summed E-state index contributed by atoms with van der Waals surface area (Å²) in [4.78, 5) is 16.4. The van der Waals surface area contributed by atoms with E-state index in [0.717, 1.165) is 27.6 Å². The van der Waals surface area contributed by atoms with Crippen LogP contribution >= 0.6 is 31.9 Å². The molecule has 0 spiro atoms. The summed E-state index contributed by atoms with van der Waals surface area (Å²) >= 11 is 6.84. The first-order valence-corrected chi connectivity index (χ1v) is 8.15. The Morgan fingerprint density at radius 3 is 2.62 bits per heavy atom. The first kappa shape index (κ1) is 16.0. The number of nitrogens with zero attached hydrogens (tertiary/aromatic N) is 1. The van der Waals surface area contributed by atoms with Crippen LogP contribution in [0.5, 0.6) is 0 Å². The van der Waals surface area contributed by atoms with Crippen molar-refractivity contribution in [2.24, 2.45) is 0 Å². The number of aromatic nitrogens is 1. The maximum absolute atomic E-state index is 12.3. The Morgan fingerprint density at radius 2 is 1.95 bits per heavy atom. The van der Waals surface area contributed by atoms with Crippen LogP contribution in [0, 0.1) is 0 Å². The minimum absolute atomic E-state index is 0.247. The zero-order valence-electron chi connectivity index (χ0n) is 11.5. The highest BCUT2D eigenvalue weighted by atomic mass is 79.9. The van der Waals surface area contributed by atoms with E-state index in [2.05, 4.69) is 54.4 Å². The number of hydrogen-bond donors (Lipinski definition) is 2. The number of halogens is 2. The number of para-hydroxylation sites is 1. The number of rotatable bonds is 5. The molecule has 110 valence electrons. The lowest BCUT2D eigenvalue weighted by Crippen LogP contribution is -2.15. The molecule has 2 N–H and O–H groups in total. The van der Waals surface area contributed by atoms with E-state index >= 15 is 0 Å². The Hall–Kier alpha value is -1.40. The molecule has 1 heterocycles. The van der Waals surface area contributed by atoms with Crippen LogP contribution in [0.25, 0.3) is 0 Å². The fourth-order valence-electron chi connectivity index (χ4n) is 1.73. The molecule has 1 amide bonds. The van der Waals surface area contributed by atoms with E-state index in [4.69, 9.17) is 0 Å². The zero-order valence-corrected chi connectivity index (χ0v) is 14.7. The van der Waals surface area contributed by atoms with E-state index in [1.807, 2.05) is 24.3 Å². The van der Waals surface area contributed by atoms with Crippen LogP contribution in [-0.2, 0) is 0 Å². The number of benzene rings is 1. The number of carbonyl (C=O) groups excluding carboxylic acids is 1. The van der Waals surface area contributed by atoms with Crippen molar-refractivity contribution in [3.05, 3.63) is 51.2 Å². The summed E-state index contributed by atoms with van der Waals surface area (Å²) in [6, 6.07) is 9.22. The standard InChI is InChI=1S/C15H15Br2N3O/c1-2-7-18-10-6-8-19-13(9-10)15(21)20-14-11(16)4-3-5-12(14)17/h3-6,8-9H,2,7H2,1H3,(H,18,19)(H,20,21). The van der Waals surface area contributed by atoms with Gasteiger partial charge in [-0.3, -0.25) is 9.78 Å². The van der Waals surface area contributed by atoms with Crippen molar-refractivity contribution >= 4 is 49.1 Å². The molecular formula is C15H15Br2N3O. The van der Waals surface area contributed by atoms with Crippen LogP contribution in [0.4, 0.5) is 11.4 Å². The van der Waals surface area contributed by atoms with Crippen molar-refractivity contribution in [2.45, 2.75) is 13.3 Å². The molecule has 1 aromatic carbocycles. The van der Waals surface area contributed by atoms with Gasteiger partial charge in [-0.05, 0) is 62.5 Å². The van der Waals surface area contributed by atoms with Crippen molar-refractivity contribution in [1.82, 2.24) is 4.98 Å². The fraction of sp³-hybridized carbons (Fsp3) is 0.200. The molecule has 0 aliphatic heterocycles. The molecule has 0 aliphatic carbocycles. The number of amides is 1. The Kier molecular flexibility index (Phi) is 5.76. The first-order valence-electron chi connectivity index (χ1n) is 6.57. The molecule has 1 aromatic heterocycles. The third kappa shape index (κ3) is 4.28. The molecular weight excluding hydrogens is 398 g/mol. The Balaban J connectivity index is 2.17. The molecule has 2 rings (SSSR count). The normalized spacial score (nSPS) is 10.2. The molecule has 6 heteroatoms. The van der Waals surface area contributed by atoms with Crippen LogP contribution in [-0.4, -0.2) is 17.4 Å². The topological polar surface area (TPSA) is 54.0 Å². The van der Waals surface area contributed by atoms with Crippen molar-refractivity contribution in [1.29, 1.82) is 0 Å². The second-order valence-corrected chi connectivity index (χ2v) is 6.12. The number of hydrogen-bond acceptors (Lipinski definition) is 3. The van der Waals surface area contributed by atoms with Crippen molar-refractivity contribution < 1.29 is 4.79 Å². The summed E-state index contributed by atoms with van der Waals surface area (Å²) in [6.07, 6.45) is 2.65. The largest absolute Gasteiger partial charge is 0.385 e. The van der Waals surface area contributed by atoms with Crippen LogP contribution in [0.1, 0.15) is 23.8 Å². The van der Waals surface area contributed by atoms with Gasteiger partial charge in [-0.2, -0.15) is 0 Å². The lowest BCUT2D eigenvalue weighted by Gasteiger charge is -2.10. The fourth-order valence-corrected chi connectivity index (χ4v) is 2.93. The van der Waals surface area contributed by atoms with E-state index in [1.165, 1.54) is 0 Å². The monoisotopic (exact) mass is 411 g/mol. The van der Waals surface area contributed by atoms with Gasteiger partial charge in [0.05, 0.1) is 5.69 Å². The van der Waals surface area contributed by atoms with Crippen molar-refractivity contribution in [3.8, 4) is 0 Å². The first-order chi connectivity index (χ1) is 10.1. The molecule has 21 heavy (non-hydrogen) atoms. The van der Waals surface area contributed by atoms with Crippen LogP contribution in [0.15, 0.2) is 45.5 Å². The van der Waals surface area contributed by atoms with Crippen LogP contribution in [0.3, 0.4) is 0 Å². The van der Waals surface area contributed by atoms with Gasteiger partial charge in [0.25, 0.3) is 5.91 Å². The van der Waals surface area contributed by atoms with Gasteiger partial charge in [0, 0.05) is 27.4 Å². The predicted molar refractivity (Wildman–Crippen MR) is 92.8 cm³/mol. The average Bonchev–Trinajstić information content (AvgIpc) is 2.49. The van der Waals surface area contributed by atoms with Crippen LogP contribution < -0.4 is 10.6 Å². The average molecular weight is 413 g/mol. The van der Waals surface area contributed by atoms with Gasteiger partial charge in [-0.1, -0.05) is 13.0 Å². The third-order valence-electron chi connectivity index (χ3n) is 2.77. The zero-order chi connectivity index (χ0) is 15.2. The lowest BCUT2D eigenvalue weighted by molar-refractivity contribution is 0.102. The van der Waals surface area contributed by atoms with E-state index in [1.54, 1.807) is 12.3 Å². The highest BCUT2D eigenvalue weighted by molar-refractivity contribution is 9.11. The smallest absolute Gasteiger partial charge is 0.274 e. The van der Waals surface area contributed by atoms with E-state index in [0.29, 0.717) is 11.4 Å². The maximum atomic E-state index is 12.3. The molecule has 0 bridgehead atoms. The quantitative estimate of drug-likeness (QED) is 0.749. The van der Waals surface area contributed by atoms with Crippen LogP contribution in [0.2, 0.25) is 0 Å². The molecule has 0 saturated carbocycles. The van der Waals surface area contributed by atoms with Gasteiger partial charge in [-0.15, -0.1) is 0 Å². The van der Waals surface area contributed by atoms with Crippen molar-refractivity contribution in [3.63, 3.8) is 0 Å². The van der Waals surface area contributed by atoms with E-state index in [-0.39, 0.29) is 5.91 Å². The van der Waals surface area contributed by atoms with Gasteiger partial charge < -0.3 is 10.6 Å². The molecule has 0 atom stereocenters. The third-order valence-corrected chi connectivity index (χ3v) is 4.09. The summed E-state index contributed by atoms with van der Waals surface area (Å²) in [6.45, 7) is 2.95. The summed E-state index contributed by atoms with van der Waals surface area (Å²) in [5.41, 5.74) is 1.96. The predicted octanol–water partition coefficient (Wildman–Crippen LogP) is 4.68. The van der Waals surface area contributed by atoms with Gasteiger partial charge in [-0.25, -0.2) is 0 Å². The maximum Gasteiger partial charge on any atom is 0.274 e. The molecule has 0 aliphatic rings. The Morgan fingerprint density at radius 1 is 1.24 bits per heavy atom. The number of carbonyl (C=O) groups is 1. The van der Waals surface area contributed by atoms with E-state index in [9.17, 15) is 4.79 Å². The minimum atomic E-state index is -0.247. The summed E-state index contributed by atoms with van der Waals surface area (Å²) < 4.78 is 1.62. The second kappa shape index (κ2) is 7.56. The highest BCUT2D eigenvalue weighted by Crippen LogP contribution is 2.30. The molecule has 0 saturated heterocycles. The summed E-state index contributed by atoms with van der Waals surface area (Å²) in [5, 5.41) is 6.09. The summed E-state index contributed by atoms with van der Waals surface area (Å²) in [7, 11) is 0. The SMILES string of the molecule is CCCNc1ccnc(C(=O)Nc2c(Br)cccc2Br)c1. The van der Waals surface area contributed by atoms with Crippen molar-refractivity contribution in [2.75, 3.05) is 17.2 Å². The summed E-state index contributed by atoms with van der Waals surface area (Å²) in [5.74, 6) is -0.247. The van der Waals surface area contributed by atoms with Gasteiger partial charge >= 0.3 is 0 Å². The molecule has 0 radical (unpaired) electrons.